The number of H-pyrrole nitrogens is 1. The van der Waals surface area contributed by atoms with Crippen molar-refractivity contribution in [3.63, 3.8) is 0 Å². The number of hydrogen-bond donors (Lipinski definition) is 2. The largest absolute Gasteiger partial charge is 0.496 e. The van der Waals surface area contributed by atoms with Crippen molar-refractivity contribution in [1.82, 2.24) is 10.3 Å². The first-order valence-electron chi connectivity index (χ1n) is 8.26. The SMILES string of the molecule is COc1ccccc1C(=O)NC(=O)COC(=O)c1cc(=O)[nH]c2ccccc12. The zero-order valence-electron chi connectivity index (χ0n) is 14.9. The predicted molar refractivity (Wildman–Crippen MR) is 100 cm³/mol. The Kier molecular flexibility index (Phi) is 5.50. The normalized spacial score (nSPS) is 10.3. The van der Waals surface area contributed by atoms with Crippen LogP contribution in [0.1, 0.15) is 20.7 Å². The van der Waals surface area contributed by atoms with Crippen molar-refractivity contribution < 1.29 is 23.9 Å². The number of carbonyl (C=O) groups excluding carboxylic acids is 3. The van der Waals surface area contributed by atoms with E-state index in [4.69, 9.17) is 9.47 Å². The van der Waals surface area contributed by atoms with Crippen molar-refractivity contribution in [3.8, 4) is 5.75 Å². The molecule has 0 radical (unpaired) electrons. The van der Waals surface area contributed by atoms with E-state index in [9.17, 15) is 19.2 Å². The average Bonchev–Trinajstić information content (AvgIpc) is 2.71. The van der Waals surface area contributed by atoms with Crippen LogP contribution in [0.3, 0.4) is 0 Å². The maximum absolute atomic E-state index is 12.3. The molecular formula is C20H16N2O6. The maximum atomic E-state index is 12.3. The lowest BCUT2D eigenvalue weighted by molar-refractivity contribution is -0.123. The third-order valence-electron chi connectivity index (χ3n) is 3.91. The number of pyridine rings is 1. The molecule has 0 aliphatic carbocycles. The number of carbonyl (C=O) groups is 3. The first-order valence-corrected chi connectivity index (χ1v) is 8.26. The number of benzene rings is 2. The molecule has 1 aromatic heterocycles. The van der Waals surface area contributed by atoms with Gasteiger partial charge in [0.25, 0.3) is 11.8 Å². The summed E-state index contributed by atoms with van der Waals surface area (Å²) in [4.78, 5) is 50.8. The lowest BCUT2D eigenvalue weighted by atomic mass is 10.1. The molecule has 0 spiro atoms. The van der Waals surface area contributed by atoms with Crippen LogP contribution in [0, 0.1) is 0 Å². The van der Waals surface area contributed by atoms with E-state index in [1.807, 2.05) is 0 Å². The van der Waals surface area contributed by atoms with Gasteiger partial charge in [-0.25, -0.2) is 4.79 Å². The second-order valence-corrected chi connectivity index (χ2v) is 5.75. The number of rotatable bonds is 5. The molecule has 0 fully saturated rings. The van der Waals surface area contributed by atoms with E-state index in [0.717, 1.165) is 6.07 Å². The molecule has 3 rings (SSSR count). The van der Waals surface area contributed by atoms with Crippen molar-refractivity contribution in [2.45, 2.75) is 0 Å². The molecule has 0 bridgehead atoms. The molecular weight excluding hydrogens is 364 g/mol. The summed E-state index contributed by atoms with van der Waals surface area (Å²) in [5, 5.41) is 2.61. The number of hydrogen-bond acceptors (Lipinski definition) is 6. The van der Waals surface area contributed by atoms with Gasteiger partial charge in [0.05, 0.1) is 18.2 Å². The minimum atomic E-state index is -0.845. The molecule has 2 amide bonds. The number of imide groups is 1. The van der Waals surface area contributed by atoms with E-state index in [-0.39, 0.29) is 11.1 Å². The highest BCUT2D eigenvalue weighted by atomic mass is 16.5. The molecule has 0 unspecified atom stereocenters. The summed E-state index contributed by atoms with van der Waals surface area (Å²) in [5.41, 5.74) is 0.202. The van der Waals surface area contributed by atoms with Gasteiger partial charge in [-0.1, -0.05) is 30.3 Å². The minimum Gasteiger partial charge on any atom is -0.496 e. The molecule has 0 saturated carbocycles. The van der Waals surface area contributed by atoms with Crippen molar-refractivity contribution in [2.75, 3.05) is 13.7 Å². The molecule has 8 heteroatoms. The molecule has 0 aliphatic rings. The maximum Gasteiger partial charge on any atom is 0.339 e. The zero-order chi connectivity index (χ0) is 20.1. The van der Waals surface area contributed by atoms with Crippen LogP contribution in [0.5, 0.6) is 5.75 Å². The highest BCUT2D eigenvalue weighted by Gasteiger charge is 2.18. The van der Waals surface area contributed by atoms with Crippen LogP contribution in [0.2, 0.25) is 0 Å². The lowest BCUT2D eigenvalue weighted by Gasteiger charge is -2.09. The zero-order valence-corrected chi connectivity index (χ0v) is 14.9. The summed E-state index contributed by atoms with van der Waals surface area (Å²) >= 11 is 0. The van der Waals surface area contributed by atoms with Gasteiger partial charge in [0.15, 0.2) is 6.61 Å². The summed E-state index contributed by atoms with van der Waals surface area (Å²) in [6.45, 7) is -0.680. The van der Waals surface area contributed by atoms with Crippen molar-refractivity contribution >= 4 is 28.7 Å². The van der Waals surface area contributed by atoms with E-state index in [2.05, 4.69) is 10.3 Å². The summed E-state index contributed by atoms with van der Waals surface area (Å²) in [6.07, 6.45) is 0. The number of methoxy groups -OCH3 is 1. The average molecular weight is 380 g/mol. The molecule has 142 valence electrons. The fraction of sp³-hybridized carbons (Fsp3) is 0.100. The number of amides is 2. The quantitative estimate of drug-likeness (QED) is 0.651. The molecule has 0 atom stereocenters. The smallest absolute Gasteiger partial charge is 0.339 e. The Morgan fingerprint density at radius 2 is 1.71 bits per heavy atom. The standard InChI is InChI=1S/C20H16N2O6/c1-27-16-9-5-3-7-13(16)19(25)22-18(24)11-28-20(26)14-10-17(23)21-15-8-4-2-6-12(14)15/h2-10H,11H2,1H3,(H,21,23)(H,22,24,25). The molecule has 3 aromatic rings. The molecule has 0 saturated heterocycles. The Hall–Kier alpha value is -3.94. The van der Waals surface area contributed by atoms with Crippen LogP contribution in [0.4, 0.5) is 0 Å². The van der Waals surface area contributed by atoms with E-state index in [1.54, 1.807) is 42.5 Å². The third-order valence-corrected chi connectivity index (χ3v) is 3.91. The number of esters is 1. The van der Waals surface area contributed by atoms with Crippen molar-refractivity contribution in [3.05, 3.63) is 76.1 Å². The molecule has 28 heavy (non-hydrogen) atoms. The van der Waals surface area contributed by atoms with Crippen LogP contribution >= 0.6 is 0 Å². The second kappa shape index (κ2) is 8.17. The number of aromatic amines is 1. The lowest BCUT2D eigenvalue weighted by Crippen LogP contribution is -2.34. The minimum absolute atomic E-state index is 0.0307. The van der Waals surface area contributed by atoms with Gasteiger partial charge in [0.1, 0.15) is 5.75 Å². The first-order chi connectivity index (χ1) is 13.5. The highest BCUT2D eigenvalue weighted by Crippen LogP contribution is 2.17. The second-order valence-electron chi connectivity index (χ2n) is 5.75. The van der Waals surface area contributed by atoms with Crippen LogP contribution in [-0.2, 0) is 9.53 Å². The van der Waals surface area contributed by atoms with Gasteiger partial charge in [0.2, 0.25) is 5.56 Å². The molecule has 2 aromatic carbocycles. The molecule has 1 heterocycles. The Balaban J connectivity index is 1.67. The number of nitrogens with one attached hydrogen (secondary N) is 2. The van der Waals surface area contributed by atoms with Gasteiger partial charge in [-0.15, -0.1) is 0 Å². The Bertz CT molecular complexity index is 1120. The fourth-order valence-electron chi connectivity index (χ4n) is 2.64. The number of ether oxygens (including phenoxy) is 2. The summed E-state index contributed by atoms with van der Waals surface area (Å²) in [5.74, 6) is -2.03. The Labute approximate surface area is 159 Å². The summed E-state index contributed by atoms with van der Waals surface area (Å²) < 4.78 is 10.0. The Morgan fingerprint density at radius 3 is 2.50 bits per heavy atom. The highest BCUT2D eigenvalue weighted by molar-refractivity contribution is 6.07. The molecule has 0 aliphatic heterocycles. The van der Waals surface area contributed by atoms with Gasteiger partial charge in [-0.3, -0.25) is 19.7 Å². The van der Waals surface area contributed by atoms with E-state index >= 15 is 0 Å². The van der Waals surface area contributed by atoms with Gasteiger partial charge in [0, 0.05) is 17.0 Å². The van der Waals surface area contributed by atoms with E-state index in [1.165, 1.54) is 13.2 Å². The number of aromatic nitrogens is 1. The van der Waals surface area contributed by atoms with Crippen LogP contribution < -0.4 is 15.6 Å². The van der Waals surface area contributed by atoms with Gasteiger partial charge < -0.3 is 14.5 Å². The van der Waals surface area contributed by atoms with Crippen molar-refractivity contribution in [1.29, 1.82) is 0 Å². The fourth-order valence-corrected chi connectivity index (χ4v) is 2.64. The topological polar surface area (TPSA) is 115 Å². The van der Waals surface area contributed by atoms with Crippen LogP contribution in [0.15, 0.2) is 59.4 Å². The van der Waals surface area contributed by atoms with E-state index in [0.29, 0.717) is 16.7 Å². The number of fused-ring (bicyclic) bond motifs is 1. The first kappa shape index (κ1) is 18.8. The number of para-hydroxylation sites is 2. The van der Waals surface area contributed by atoms with Crippen LogP contribution in [-0.4, -0.2) is 36.5 Å². The van der Waals surface area contributed by atoms with Gasteiger partial charge in [-0.2, -0.15) is 0 Å². The van der Waals surface area contributed by atoms with Crippen LogP contribution in [0.25, 0.3) is 10.9 Å². The monoisotopic (exact) mass is 380 g/mol. The van der Waals surface area contributed by atoms with Gasteiger partial charge >= 0.3 is 5.97 Å². The van der Waals surface area contributed by atoms with Crippen molar-refractivity contribution in [2.24, 2.45) is 0 Å². The molecule has 8 nitrogen and oxygen atoms in total. The third kappa shape index (κ3) is 4.07. The summed E-state index contributed by atoms with van der Waals surface area (Å²) in [7, 11) is 1.40. The van der Waals surface area contributed by atoms with E-state index < -0.39 is 29.9 Å². The summed E-state index contributed by atoms with van der Waals surface area (Å²) in [6, 6.07) is 14.2. The molecule has 2 N–H and O–H groups in total. The predicted octanol–water partition coefficient (Wildman–Crippen LogP) is 1.65. The Morgan fingerprint density at radius 1 is 1.00 bits per heavy atom. The van der Waals surface area contributed by atoms with Gasteiger partial charge in [-0.05, 0) is 18.2 Å².